The standard InChI is InChI=1S/C27H24ClFN2O5.C15H16ClFN2O3.C11H8ClNO2.C11H9NO3.4CH4/c1-35-22-7-8-24(31-26(22)17-5-6-20(29)19(28)13-17)27(34,15-32)10-9-21(33)18-12-16-4-3-11-30-25(16)23(14-18)36-2;1-22-12-4-5-13(15(21,7-18)8-20)19-14(12)9-2-3-11(17)10(16)6-9;1-15-9-6-8(11(12)14)5-7-3-2-4-13-10(7)9;1-15-9-6-8(11(13)14)5-7-3-2-4-12-10(7)9;;;;/h3-8,11-14,32,34H,9-10,15H2,1-2H3;2-6,20-21H,7-8,18H2,1H3;2-6H,1H3;2-6H,1H3,(H,13,14);4*1H4. The fraction of sp³-hybridized carbons (Fsp3) is 0.235. The van der Waals surface area contributed by atoms with Crippen LogP contribution in [0.4, 0.5) is 8.78 Å². The van der Waals surface area contributed by atoms with Gasteiger partial charge in [-0.1, -0.05) is 71.1 Å². The number of hydrogen-bond donors (Lipinski definition) is 6. The van der Waals surface area contributed by atoms with Crippen LogP contribution in [-0.4, -0.2) is 123 Å². The zero-order chi connectivity index (χ0) is 63.9. The molecule has 0 aliphatic heterocycles. The van der Waals surface area contributed by atoms with Crippen LogP contribution >= 0.6 is 34.8 Å². The van der Waals surface area contributed by atoms with Crippen LogP contribution in [0.2, 0.25) is 10.0 Å². The average molecular weight is 1330 g/mol. The summed E-state index contributed by atoms with van der Waals surface area (Å²) in [7, 11) is 7.45. The SMILES string of the molecule is C.C.C.C.COc1cc(C(=O)Cl)cc2cccnc12.COc1cc(C(=O)O)cc2cccnc12.COc1ccc(C(O)(CN)CO)nc1-c1ccc(F)c(Cl)c1.COc1ccc(C(O)(CO)CCC(=O)c2cc(OC)c3ncccc3c2)nc1-c1ccc(F)c(Cl)c1. The molecule has 0 aliphatic rings. The minimum Gasteiger partial charge on any atom is -0.494 e. The molecule has 5 aromatic carbocycles. The normalized spacial score (nSPS) is 11.6. The smallest absolute Gasteiger partial charge is 0.335 e. The number of rotatable bonds is 18. The third kappa shape index (κ3) is 18.1. The molecule has 0 aliphatic carbocycles. The molecule has 0 saturated carbocycles. The lowest BCUT2D eigenvalue weighted by Gasteiger charge is -2.26. The number of pyridine rings is 5. The number of carbonyl (C=O) groups is 3. The lowest BCUT2D eigenvalue weighted by Crippen LogP contribution is -2.39. The van der Waals surface area contributed by atoms with E-state index in [-0.39, 0.29) is 81.9 Å². The third-order valence-electron chi connectivity index (χ3n) is 13.6. The molecule has 0 amide bonds. The van der Waals surface area contributed by atoms with E-state index in [1.807, 2.05) is 12.1 Å². The van der Waals surface area contributed by atoms with Crippen LogP contribution in [0.1, 0.15) is 85.0 Å². The maximum atomic E-state index is 13.7. The Kier molecular flexibility index (Phi) is 29.3. The molecule has 10 rings (SSSR count). The minimum atomic E-state index is -1.82. The second kappa shape index (κ2) is 35.0. The van der Waals surface area contributed by atoms with Crippen molar-refractivity contribution in [3.63, 3.8) is 0 Å². The summed E-state index contributed by atoms with van der Waals surface area (Å²) in [5.74, 6) is -0.0605. The number of fused-ring (bicyclic) bond motifs is 3. The zero-order valence-corrected chi connectivity index (χ0v) is 49.9. The number of aromatic nitrogens is 5. The van der Waals surface area contributed by atoms with Gasteiger partial charge in [-0.25, -0.2) is 23.5 Å². The molecule has 2 unspecified atom stereocenters. The lowest BCUT2D eigenvalue weighted by molar-refractivity contribution is -0.0298. The van der Waals surface area contributed by atoms with Crippen molar-refractivity contribution in [3.05, 3.63) is 202 Å². The Morgan fingerprint density at radius 1 is 0.511 bits per heavy atom. The van der Waals surface area contributed by atoms with Crippen LogP contribution in [-0.2, 0) is 11.2 Å². The van der Waals surface area contributed by atoms with Crippen LogP contribution in [0.5, 0.6) is 28.7 Å². The molecule has 10 aromatic rings. The molecule has 0 radical (unpaired) electrons. The van der Waals surface area contributed by atoms with Gasteiger partial charge >= 0.3 is 5.97 Å². The van der Waals surface area contributed by atoms with E-state index in [0.717, 1.165) is 21.7 Å². The molecule has 0 saturated heterocycles. The molecular weight excluding hydrogens is 1250 g/mol. The van der Waals surface area contributed by atoms with Crippen molar-refractivity contribution in [1.82, 2.24) is 24.9 Å². The van der Waals surface area contributed by atoms with Gasteiger partial charge in [-0.3, -0.25) is 24.5 Å². The molecule has 7 N–H and O–H groups in total. The number of ketones is 1. The number of ether oxygens (including phenoxy) is 5. The number of carboxylic acids is 1. The largest absolute Gasteiger partial charge is 0.494 e. The number of halogens is 5. The number of carbonyl (C=O) groups excluding carboxylic acids is 2. The van der Waals surface area contributed by atoms with Crippen molar-refractivity contribution in [2.75, 3.05) is 55.3 Å². The fourth-order valence-corrected chi connectivity index (χ4v) is 9.26. The lowest BCUT2D eigenvalue weighted by atomic mass is 9.91. The minimum absolute atomic E-state index is 0. The van der Waals surface area contributed by atoms with Gasteiger partial charge in [0.05, 0.1) is 75.8 Å². The van der Waals surface area contributed by atoms with E-state index in [9.17, 15) is 43.6 Å². The van der Waals surface area contributed by atoms with E-state index in [2.05, 4.69) is 24.9 Å². The van der Waals surface area contributed by atoms with Crippen molar-refractivity contribution in [1.29, 1.82) is 0 Å². The molecule has 24 heteroatoms. The van der Waals surface area contributed by atoms with Crippen LogP contribution in [0.25, 0.3) is 55.2 Å². The second-order valence-corrected chi connectivity index (χ2v) is 20.3. The molecule has 5 aromatic heterocycles. The molecular formula is C68H73Cl3F2N6O13. The first-order valence-corrected chi connectivity index (χ1v) is 27.4. The molecule has 2 atom stereocenters. The van der Waals surface area contributed by atoms with Crippen molar-refractivity contribution in [2.45, 2.75) is 53.8 Å². The van der Waals surface area contributed by atoms with E-state index in [1.165, 1.54) is 90.1 Å². The molecule has 488 valence electrons. The highest BCUT2D eigenvalue weighted by atomic mass is 35.5. The van der Waals surface area contributed by atoms with Gasteiger partial charge in [0.2, 0.25) is 0 Å². The van der Waals surface area contributed by atoms with Gasteiger partial charge in [-0.15, -0.1) is 0 Å². The molecule has 0 bridgehead atoms. The first-order valence-electron chi connectivity index (χ1n) is 26.3. The number of hydrogen-bond acceptors (Lipinski definition) is 18. The number of methoxy groups -OCH3 is 5. The number of Topliss-reactive ketones (excluding diaryl/α,β-unsaturated/α-hetero) is 1. The quantitative estimate of drug-likeness (QED) is 0.0344. The summed E-state index contributed by atoms with van der Waals surface area (Å²) in [5.41, 5.74) is 7.04. The Hall–Kier alpha value is -9.03. The number of carboxylic acid groups (broad SMARTS) is 1. The predicted octanol–water partition coefficient (Wildman–Crippen LogP) is 13.7. The summed E-state index contributed by atoms with van der Waals surface area (Å²) in [5, 5.41) is 51.5. The van der Waals surface area contributed by atoms with Gasteiger partial charge in [-0.2, -0.15) is 0 Å². The monoisotopic (exact) mass is 1320 g/mol. The third-order valence-corrected chi connectivity index (χ3v) is 14.4. The van der Waals surface area contributed by atoms with E-state index >= 15 is 0 Å². The number of nitrogens with two attached hydrogens (primary N) is 1. The van der Waals surface area contributed by atoms with E-state index in [4.69, 9.17) is 69.3 Å². The maximum Gasteiger partial charge on any atom is 0.335 e. The Morgan fingerprint density at radius 3 is 1.24 bits per heavy atom. The van der Waals surface area contributed by atoms with Gasteiger partial charge in [0.25, 0.3) is 5.24 Å². The highest BCUT2D eigenvalue weighted by Crippen LogP contribution is 2.37. The molecule has 0 fully saturated rings. The van der Waals surface area contributed by atoms with Gasteiger partial charge in [0, 0.05) is 70.0 Å². The van der Waals surface area contributed by atoms with Crippen LogP contribution in [0, 0.1) is 11.6 Å². The summed E-state index contributed by atoms with van der Waals surface area (Å²) < 4.78 is 53.2. The summed E-state index contributed by atoms with van der Waals surface area (Å²) >= 11 is 17.1. The topological polar surface area (TPSA) is 289 Å². The summed E-state index contributed by atoms with van der Waals surface area (Å²) in [4.78, 5) is 56.3. The number of nitrogens with zero attached hydrogens (tertiary/aromatic N) is 5. The summed E-state index contributed by atoms with van der Waals surface area (Å²) in [6, 6.07) is 34.9. The van der Waals surface area contributed by atoms with Crippen molar-refractivity contribution < 1.29 is 72.4 Å². The summed E-state index contributed by atoms with van der Waals surface area (Å²) in [6.07, 6.45) is 4.79. The number of benzene rings is 5. The molecule has 5 heterocycles. The Morgan fingerprint density at radius 2 is 0.880 bits per heavy atom. The van der Waals surface area contributed by atoms with Gasteiger partial charge < -0.3 is 55.0 Å². The van der Waals surface area contributed by atoms with Gasteiger partial charge in [-0.05, 0) is 133 Å². The van der Waals surface area contributed by atoms with E-state index < -0.39 is 47.3 Å². The Balaban J connectivity index is 0.000000339. The zero-order valence-electron chi connectivity index (χ0n) is 47.7. The van der Waals surface area contributed by atoms with Gasteiger partial charge in [0.15, 0.2) is 5.78 Å². The van der Waals surface area contributed by atoms with Crippen molar-refractivity contribution in [3.8, 4) is 51.3 Å². The van der Waals surface area contributed by atoms with E-state index in [1.54, 1.807) is 85.3 Å². The fourth-order valence-electron chi connectivity index (χ4n) is 8.79. The first kappa shape index (κ1) is 77.2. The average Bonchev–Trinajstić information content (AvgIpc) is 0.915. The van der Waals surface area contributed by atoms with E-state index in [0.29, 0.717) is 73.4 Å². The number of aliphatic hydroxyl groups excluding tert-OH is 2. The Bertz CT molecular complexity index is 4070. The van der Waals surface area contributed by atoms with Crippen LogP contribution < -0.4 is 29.4 Å². The number of aromatic carboxylic acids is 1. The molecule has 0 spiro atoms. The molecule has 92 heavy (non-hydrogen) atoms. The highest BCUT2D eigenvalue weighted by molar-refractivity contribution is 6.67. The van der Waals surface area contributed by atoms with Crippen LogP contribution in [0.15, 0.2) is 152 Å². The highest BCUT2D eigenvalue weighted by Gasteiger charge is 2.33. The first-order chi connectivity index (χ1) is 42.2. The van der Waals surface area contributed by atoms with Crippen LogP contribution in [0.3, 0.4) is 0 Å². The van der Waals surface area contributed by atoms with Crippen molar-refractivity contribution >= 4 is 84.5 Å². The Labute approximate surface area is 546 Å². The second-order valence-electron chi connectivity index (χ2n) is 19.1. The summed E-state index contributed by atoms with van der Waals surface area (Å²) in [6.45, 7) is -1.45. The maximum absolute atomic E-state index is 13.7. The number of aliphatic hydroxyl groups is 4. The predicted molar refractivity (Wildman–Crippen MR) is 356 cm³/mol. The van der Waals surface area contributed by atoms with Crippen molar-refractivity contribution in [2.24, 2.45) is 5.73 Å². The molecule has 19 nitrogen and oxygen atoms in total. The van der Waals surface area contributed by atoms with Gasteiger partial charge in [0.1, 0.15) is 79.5 Å².